The van der Waals surface area contributed by atoms with E-state index in [0.717, 1.165) is 61.1 Å². The van der Waals surface area contributed by atoms with Crippen molar-refractivity contribution < 1.29 is 24.2 Å². The molecule has 63 heavy (non-hydrogen) atoms. The summed E-state index contributed by atoms with van der Waals surface area (Å²) in [6.45, 7) is 9.78. The summed E-state index contributed by atoms with van der Waals surface area (Å²) in [6.07, 6.45) is 18.0. The molecule has 0 saturated heterocycles. The fraction of sp³-hybridized carbons (Fsp3) is 0.510. The number of allylic oxidation sites excluding steroid dienone is 3. The molecule has 4 aromatic heterocycles. The first-order chi connectivity index (χ1) is 30.1. The van der Waals surface area contributed by atoms with E-state index in [9.17, 15) is 14.7 Å². The van der Waals surface area contributed by atoms with Gasteiger partial charge in [0.1, 0.15) is 22.7 Å². The maximum absolute atomic E-state index is 13.5. The number of anilines is 1. The van der Waals surface area contributed by atoms with Crippen LogP contribution in [0.4, 0.5) is 15.5 Å². The van der Waals surface area contributed by atoms with E-state index in [2.05, 4.69) is 58.9 Å². The van der Waals surface area contributed by atoms with Crippen molar-refractivity contribution in [2.24, 2.45) is 34.5 Å². The Balaban J connectivity index is 1.07. The first-order valence-electron chi connectivity index (χ1n) is 22.1. The maximum atomic E-state index is 13.5. The quantitative estimate of drug-likeness (QED) is 0.0893. The zero-order chi connectivity index (χ0) is 44.8. The molecule has 1 unspecified atom stereocenters. The van der Waals surface area contributed by atoms with E-state index >= 15 is 0 Å². The third kappa shape index (κ3) is 8.11. The minimum atomic E-state index is -1.04. The highest BCUT2D eigenvalue weighted by Crippen LogP contribution is 2.67. The Hall–Kier alpha value is -5.61. The Labute approximate surface area is 375 Å². The lowest BCUT2D eigenvalue weighted by atomic mass is 9.44. The highest BCUT2D eigenvalue weighted by atomic mass is 35.5. The maximum Gasteiger partial charge on any atom is 0.409 e. The Morgan fingerprint density at radius 2 is 1.89 bits per heavy atom. The van der Waals surface area contributed by atoms with Crippen LogP contribution in [-0.2, 0) is 11.3 Å². The van der Waals surface area contributed by atoms with E-state index in [1.807, 2.05) is 49.3 Å². The Morgan fingerprint density at radius 3 is 2.63 bits per heavy atom. The molecule has 3 N–H and O–H groups in total. The monoisotopic (exact) mass is 874 g/mol. The SMILES string of the molecule is COc1c(C)cnc(Cn2cc(C#CCCC3C[C@H](OC(=O)N(C)CCN(C)C(=O)O)CC4=CC[C@@H]5[C@@H]6CC=C(c7cccnc7)[C@@]6(C)CC[C@@H]5[C@]43C)c3c(Cl)nc(N)nc32)c1C. The van der Waals surface area contributed by atoms with E-state index in [4.69, 9.17) is 31.8 Å². The second kappa shape index (κ2) is 17.5. The molecule has 0 radical (unpaired) electrons. The normalized spacial score (nSPS) is 26.0. The molecule has 4 aliphatic carbocycles. The van der Waals surface area contributed by atoms with Gasteiger partial charge in [0, 0.05) is 75.9 Å². The smallest absolute Gasteiger partial charge is 0.409 e. The second-order valence-corrected chi connectivity index (χ2v) is 18.9. The van der Waals surface area contributed by atoms with Gasteiger partial charge in [-0.25, -0.2) is 14.6 Å². The third-order valence-corrected chi connectivity index (χ3v) is 15.5. The number of methoxy groups -OCH3 is 1. The van der Waals surface area contributed by atoms with E-state index in [1.165, 1.54) is 33.6 Å². The number of amides is 2. The van der Waals surface area contributed by atoms with Gasteiger partial charge in [-0.05, 0) is 104 Å². The standard InChI is InChI=1S/C49H59ClN8O5/c1-29-25-53-40(30(2)42(29)62-7)28-58-27-32(41-43(50)54-45(51)55-44(41)58)11-8-9-13-33-23-35(63-47(61)57(6)22-21-56(5)46(59)60)24-34-14-15-36-38-17-16-37(31-12-10-20-52-26-31)48(38,3)19-18-39(36)49(33,34)4/h10,12,14,16,20,25-27,33,35-36,38-39H,9,13,15,17-19,21-24,28H2,1-7H3,(H,59,60)(H2,51,54,55)/t33?,35-,36+,38-,39-,48+,49-/m0/s1. The van der Waals surface area contributed by atoms with Gasteiger partial charge in [0.05, 0.1) is 30.3 Å². The third-order valence-electron chi connectivity index (χ3n) is 15.2. The van der Waals surface area contributed by atoms with Gasteiger partial charge in [-0.15, -0.1) is 0 Å². The topological polar surface area (TPSA) is 162 Å². The molecule has 2 saturated carbocycles. The van der Waals surface area contributed by atoms with Crippen LogP contribution in [0.2, 0.25) is 5.15 Å². The zero-order valence-corrected chi connectivity index (χ0v) is 38.2. The number of hydrogen-bond acceptors (Lipinski definition) is 9. The molecule has 14 heteroatoms. The number of aromatic nitrogens is 5. The fourth-order valence-corrected chi connectivity index (χ4v) is 12.1. The highest BCUT2D eigenvalue weighted by Gasteiger charge is 2.59. The summed E-state index contributed by atoms with van der Waals surface area (Å²) < 4.78 is 13.9. The van der Waals surface area contributed by atoms with Gasteiger partial charge in [-0.3, -0.25) is 9.97 Å². The molecule has 0 spiro atoms. The number of pyridine rings is 2. The summed E-state index contributed by atoms with van der Waals surface area (Å²) in [5.41, 5.74) is 14.2. The molecule has 2 amide bonds. The summed E-state index contributed by atoms with van der Waals surface area (Å²) in [5, 5.41) is 10.2. The van der Waals surface area contributed by atoms with Gasteiger partial charge >= 0.3 is 12.2 Å². The van der Waals surface area contributed by atoms with Crippen molar-refractivity contribution in [3.63, 3.8) is 0 Å². The lowest BCUT2D eigenvalue weighted by Gasteiger charge is -2.60. The number of rotatable bonds is 10. The first kappa shape index (κ1) is 44.0. The Morgan fingerprint density at radius 1 is 1.10 bits per heavy atom. The van der Waals surface area contributed by atoms with Crippen LogP contribution in [-0.4, -0.2) is 92.0 Å². The lowest BCUT2D eigenvalue weighted by molar-refractivity contribution is -0.0616. The molecule has 13 nitrogen and oxygen atoms in total. The average Bonchev–Trinajstić information content (AvgIpc) is 3.79. The molecule has 0 bridgehead atoms. The van der Waals surface area contributed by atoms with Gasteiger partial charge in [0.15, 0.2) is 0 Å². The second-order valence-electron chi connectivity index (χ2n) is 18.6. The van der Waals surface area contributed by atoms with Gasteiger partial charge in [-0.2, -0.15) is 4.98 Å². The molecule has 2 fully saturated rings. The number of ether oxygens (including phenoxy) is 2. The van der Waals surface area contributed by atoms with Gasteiger partial charge in [0.2, 0.25) is 5.95 Å². The average molecular weight is 876 g/mol. The number of halogens is 1. The molecule has 8 rings (SSSR count). The van der Waals surface area contributed by atoms with Crippen LogP contribution in [0, 0.1) is 60.2 Å². The van der Waals surface area contributed by atoms with Crippen LogP contribution >= 0.6 is 11.6 Å². The number of aryl methyl sites for hydroxylation is 1. The molecule has 7 atom stereocenters. The summed E-state index contributed by atoms with van der Waals surface area (Å²) in [7, 11) is 4.82. The van der Waals surface area contributed by atoms with Crippen molar-refractivity contribution in [3.05, 3.63) is 87.7 Å². The van der Waals surface area contributed by atoms with Crippen LogP contribution in [0.15, 0.2) is 54.6 Å². The number of hydrogen-bond donors (Lipinski definition) is 2. The van der Waals surface area contributed by atoms with E-state index in [-0.39, 0.29) is 47.0 Å². The number of carbonyl (C=O) groups is 2. The number of likely N-dealkylation sites (N-methyl/N-ethyl adjacent to an activating group) is 2. The largest absolute Gasteiger partial charge is 0.496 e. The predicted molar refractivity (Wildman–Crippen MR) is 244 cm³/mol. The number of nitrogens with zero attached hydrogens (tertiary/aromatic N) is 7. The number of carbonyl (C=O) groups excluding carboxylic acids is 1. The van der Waals surface area contributed by atoms with E-state index in [0.29, 0.717) is 53.7 Å². The summed E-state index contributed by atoms with van der Waals surface area (Å²) in [4.78, 5) is 45.6. The van der Waals surface area contributed by atoms with Crippen LogP contribution < -0.4 is 10.5 Å². The van der Waals surface area contributed by atoms with Gasteiger partial charge < -0.3 is 34.7 Å². The van der Waals surface area contributed by atoms with Crippen molar-refractivity contribution in [2.75, 3.05) is 40.0 Å². The number of carboxylic acid groups (broad SMARTS) is 1. The summed E-state index contributed by atoms with van der Waals surface area (Å²) >= 11 is 6.76. The van der Waals surface area contributed by atoms with Crippen LogP contribution in [0.3, 0.4) is 0 Å². The van der Waals surface area contributed by atoms with Crippen LogP contribution in [0.25, 0.3) is 16.6 Å². The van der Waals surface area contributed by atoms with E-state index < -0.39 is 12.2 Å². The molecule has 0 aliphatic heterocycles. The number of nitrogen functional groups attached to an aromatic ring is 1. The fourth-order valence-electron chi connectivity index (χ4n) is 11.8. The van der Waals surface area contributed by atoms with Crippen LogP contribution in [0.1, 0.15) is 93.2 Å². The number of fused-ring (bicyclic) bond motifs is 6. The van der Waals surface area contributed by atoms with Gasteiger partial charge in [0.25, 0.3) is 0 Å². The van der Waals surface area contributed by atoms with Crippen LogP contribution in [0.5, 0.6) is 5.75 Å². The summed E-state index contributed by atoms with van der Waals surface area (Å²) in [6, 6.07) is 4.24. The summed E-state index contributed by atoms with van der Waals surface area (Å²) in [5.74, 6) is 9.58. The minimum Gasteiger partial charge on any atom is -0.496 e. The van der Waals surface area contributed by atoms with Gasteiger partial charge in [-0.1, -0.05) is 61.1 Å². The predicted octanol–water partition coefficient (Wildman–Crippen LogP) is 9.19. The molecule has 0 aromatic carbocycles. The van der Waals surface area contributed by atoms with Crippen molar-refractivity contribution in [3.8, 4) is 17.6 Å². The Kier molecular flexibility index (Phi) is 12.2. The molecule has 4 aliphatic rings. The van der Waals surface area contributed by atoms with E-state index in [1.54, 1.807) is 14.2 Å². The molecule has 4 heterocycles. The molecular formula is C49H59ClN8O5. The van der Waals surface area contributed by atoms with Crippen molar-refractivity contribution >= 4 is 46.3 Å². The first-order valence-corrected chi connectivity index (χ1v) is 22.5. The highest BCUT2D eigenvalue weighted by molar-refractivity contribution is 6.34. The minimum absolute atomic E-state index is 0.0801. The lowest BCUT2D eigenvalue weighted by Crippen LogP contribution is -2.53. The zero-order valence-electron chi connectivity index (χ0n) is 37.4. The van der Waals surface area contributed by atoms with Crippen molar-refractivity contribution in [1.82, 2.24) is 34.3 Å². The number of nitrogens with two attached hydrogens (primary N) is 1. The Bertz CT molecular complexity index is 2550. The van der Waals surface area contributed by atoms with Crippen molar-refractivity contribution in [2.45, 2.75) is 91.7 Å². The van der Waals surface area contributed by atoms with Crippen molar-refractivity contribution in [1.29, 1.82) is 0 Å². The molecular weight excluding hydrogens is 816 g/mol. The molecule has 4 aromatic rings. The molecule has 332 valence electrons.